The number of amides is 1. The van der Waals surface area contributed by atoms with E-state index in [1.807, 2.05) is 0 Å². The number of phosphoric ester groups is 1. The molecule has 0 saturated carbocycles. The van der Waals surface area contributed by atoms with Crippen LogP contribution in [0.5, 0.6) is 0 Å². The van der Waals surface area contributed by atoms with E-state index in [4.69, 9.17) is 25.2 Å². The normalized spacial score (nSPS) is 27.6. The number of nitrogens with two attached hydrogens (primary N) is 1. The lowest BCUT2D eigenvalue weighted by atomic mass is 10.1. The minimum absolute atomic E-state index is 0.00683. The molecule has 19 heteroatoms. The summed E-state index contributed by atoms with van der Waals surface area (Å²) in [5.74, 6) is 4.63. The predicted molar refractivity (Wildman–Crippen MR) is 103 cm³/mol. The van der Waals surface area contributed by atoms with Gasteiger partial charge >= 0.3 is 23.5 Å². The van der Waals surface area contributed by atoms with Crippen molar-refractivity contribution in [3.63, 3.8) is 0 Å². The van der Waals surface area contributed by atoms with E-state index in [9.17, 15) is 28.5 Å². The Morgan fingerprint density at radius 1 is 1.25 bits per heavy atom. The molecule has 2 rings (SSSR count). The number of nitrogens with one attached hydrogen (secondary N) is 1. The SMILES string of the molecule is C=C1NC(=O)C(C#CCN)=CN1[C@H]1CC(O)[C@@H](COP(=O)(O)OP(=O)(O)OP(=O)(O)O)O1. The molecule has 0 bridgehead atoms. The van der Waals surface area contributed by atoms with Gasteiger partial charge in [-0.1, -0.05) is 18.4 Å². The first-order chi connectivity index (χ1) is 14.6. The number of aliphatic hydroxyl groups excluding tert-OH is 1. The van der Waals surface area contributed by atoms with Gasteiger partial charge in [0.25, 0.3) is 5.91 Å². The van der Waals surface area contributed by atoms with Gasteiger partial charge in [0.15, 0.2) is 0 Å². The number of phosphoric acid groups is 3. The van der Waals surface area contributed by atoms with Crippen molar-refractivity contribution in [1.29, 1.82) is 0 Å². The third-order valence-electron chi connectivity index (χ3n) is 3.74. The van der Waals surface area contributed by atoms with Gasteiger partial charge in [-0.15, -0.1) is 0 Å². The monoisotopic (exact) mass is 519 g/mol. The zero-order valence-corrected chi connectivity index (χ0v) is 18.7. The van der Waals surface area contributed by atoms with Crippen LogP contribution in [-0.2, 0) is 36.4 Å². The predicted octanol–water partition coefficient (Wildman–Crippen LogP) is -1.45. The van der Waals surface area contributed by atoms with E-state index < -0.39 is 54.4 Å². The maximum absolute atomic E-state index is 11.9. The maximum Gasteiger partial charge on any atom is 0.490 e. The summed E-state index contributed by atoms with van der Waals surface area (Å²) in [5.41, 5.74) is 5.32. The van der Waals surface area contributed by atoms with E-state index in [2.05, 4.69) is 36.9 Å². The molecular formula is C13H20N3O13P3. The molecule has 2 aliphatic rings. The largest absolute Gasteiger partial charge is 0.490 e. The Morgan fingerprint density at radius 3 is 2.50 bits per heavy atom. The van der Waals surface area contributed by atoms with Crippen molar-refractivity contribution in [1.82, 2.24) is 10.2 Å². The lowest BCUT2D eigenvalue weighted by molar-refractivity contribution is -0.118. The molecule has 0 aromatic heterocycles. The maximum atomic E-state index is 11.9. The summed E-state index contributed by atoms with van der Waals surface area (Å²) in [4.78, 5) is 48.9. The summed E-state index contributed by atoms with van der Waals surface area (Å²) in [5, 5.41) is 12.6. The first kappa shape index (κ1) is 26.8. The zero-order chi connectivity index (χ0) is 24.3. The van der Waals surface area contributed by atoms with Crippen molar-refractivity contribution in [2.75, 3.05) is 13.2 Å². The van der Waals surface area contributed by atoms with Gasteiger partial charge in [0.1, 0.15) is 23.7 Å². The summed E-state index contributed by atoms with van der Waals surface area (Å²) < 4.78 is 50.9. The summed E-state index contributed by atoms with van der Waals surface area (Å²) >= 11 is 0. The second-order valence-electron chi connectivity index (χ2n) is 6.18. The number of carbonyl (C=O) groups excluding carboxylic acids is 1. The highest BCUT2D eigenvalue weighted by atomic mass is 31.3. The summed E-state index contributed by atoms with van der Waals surface area (Å²) in [6, 6.07) is 0. The van der Waals surface area contributed by atoms with Crippen LogP contribution in [0, 0.1) is 11.8 Å². The number of rotatable bonds is 8. The number of hydrogen-bond donors (Lipinski definition) is 7. The second-order valence-corrected chi connectivity index (χ2v) is 10.6. The average Bonchev–Trinajstić information content (AvgIpc) is 2.97. The van der Waals surface area contributed by atoms with Crippen molar-refractivity contribution in [3.05, 3.63) is 24.2 Å². The first-order valence-electron chi connectivity index (χ1n) is 8.44. The third-order valence-corrected chi connectivity index (χ3v) is 7.54. The van der Waals surface area contributed by atoms with Crippen LogP contribution in [-0.4, -0.2) is 67.1 Å². The quantitative estimate of drug-likeness (QED) is 0.143. The van der Waals surface area contributed by atoms with Crippen LogP contribution >= 0.6 is 23.5 Å². The van der Waals surface area contributed by atoms with Gasteiger partial charge in [0.05, 0.1) is 19.3 Å². The van der Waals surface area contributed by atoms with Crippen molar-refractivity contribution >= 4 is 29.4 Å². The van der Waals surface area contributed by atoms with E-state index in [1.165, 1.54) is 11.1 Å². The van der Waals surface area contributed by atoms with Crippen LogP contribution in [0.25, 0.3) is 0 Å². The van der Waals surface area contributed by atoms with Gasteiger partial charge in [-0.05, 0) is 0 Å². The molecule has 32 heavy (non-hydrogen) atoms. The number of nitrogens with zero attached hydrogens (tertiary/aromatic N) is 1. The smallest absolute Gasteiger partial charge is 0.390 e. The minimum Gasteiger partial charge on any atom is -0.390 e. The Bertz CT molecular complexity index is 998. The molecule has 1 fully saturated rings. The van der Waals surface area contributed by atoms with Crippen LogP contribution in [0.4, 0.5) is 0 Å². The van der Waals surface area contributed by atoms with Gasteiger partial charge in [-0.3, -0.25) is 9.32 Å². The standard InChI is InChI=1S/C13H20N3O13P3/c1-8-15-13(18)9(3-2-4-14)6-16(8)12-5-10(17)11(27-12)7-26-31(22,23)29-32(24,25)28-30(19,20)21/h6,10-12,17H,1,4-5,7,14H2,(H,15,18)(H,22,23)(H,24,25)(H2,19,20,21)/t10?,11-,12-/m1/s1. The molecule has 0 radical (unpaired) electrons. The van der Waals surface area contributed by atoms with Crippen molar-refractivity contribution in [3.8, 4) is 11.8 Å². The van der Waals surface area contributed by atoms with E-state index in [0.29, 0.717) is 0 Å². The Hall–Kier alpha value is -1.40. The Kier molecular flexibility index (Phi) is 8.60. The second kappa shape index (κ2) is 10.3. The summed E-state index contributed by atoms with van der Waals surface area (Å²) in [7, 11) is -16.6. The Morgan fingerprint density at radius 2 is 1.91 bits per heavy atom. The highest BCUT2D eigenvalue weighted by Crippen LogP contribution is 2.66. The van der Waals surface area contributed by atoms with Gasteiger partial charge in [0.2, 0.25) is 0 Å². The molecule has 3 unspecified atom stereocenters. The van der Waals surface area contributed by atoms with Crippen molar-refractivity contribution in [2.45, 2.75) is 24.9 Å². The number of aliphatic hydroxyl groups is 1. The molecule has 8 N–H and O–H groups in total. The fourth-order valence-corrected chi connectivity index (χ4v) is 5.57. The average molecular weight is 519 g/mol. The molecule has 5 atom stereocenters. The molecule has 16 nitrogen and oxygen atoms in total. The molecule has 180 valence electrons. The molecule has 2 aliphatic heterocycles. The summed E-state index contributed by atoms with van der Waals surface area (Å²) in [6.07, 6.45) is -2.19. The van der Waals surface area contributed by atoms with Crippen LogP contribution in [0.3, 0.4) is 0 Å². The van der Waals surface area contributed by atoms with Gasteiger partial charge in [-0.25, -0.2) is 13.7 Å². The van der Waals surface area contributed by atoms with Crippen LogP contribution in [0.1, 0.15) is 6.42 Å². The molecule has 0 spiro atoms. The van der Waals surface area contributed by atoms with Crippen molar-refractivity contribution in [2.24, 2.45) is 5.73 Å². The van der Waals surface area contributed by atoms with Gasteiger partial charge in [0, 0.05) is 12.6 Å². The first-order valence-corrected chi connectivity index (χ1v) is 13.0. The molecule has 1 amide bonds. The minimum atomic E-state index is -5.67. The Labute approximate surface area is 181 Å². The van der Waals surface area contributed by atoms with Gasteiger partial charge in [-0.2, -0.15) is 8.62 Å². The fraction of sp³-hybridized carbons (Fsp3) is 0.462. The van der Waals surface area contributed by atoms with E-state index in [0.717, 1.165) is 0 Å². The molecule has 1 saturated heterocycles. The molecule has 0 aliphatic carbocycles. The molecule has 0 aromatic carbocycles. The summed E-state index contributed by atoms with van der Waals surface area (Å²) in [6.45, 7) is 2.82. The highest BCUT2D eigenvalue weighted by Gasteiger charge is 2.43. The van der Waals surface area contributed by atoms with Crippen LogP contribution < -0.4 is 11.1 Å². The lowest BCUT2D eigenvalue weighted by Crippen LogP contribution is -2.43. The fourth-order valence-electron chi connectivity index (χ4n) is 2.54. The molecule has 0 aromatic rings. The van der Waals surface area contributed by atoms with E-state index >= 15 is 0 Å². The van der Waals surface area contributed by atoms with E-state index in [-0.39, 0.29) is 24.4 Å². The number of carbonyl (C=O) groups is 1. The lowest BCUT2D eigenvalue weighted by Gasteiger charge is -2.32. The molecular weight excluding hydrogens is 499 g/mol. The van der Waals surface area contributed by atoms with E-state index in [1.54, 1.807) is 0 Å². The van der Waals surface area contributed by atoms with Gasteiger partial charge < -0.3 is 45.4 Å². The van der Waals surface area contributed by atoms with Crippen molar-refractivity contribution < 1.29 is 61.1 Å². The highest BCUT2D eigenvalue weighted by molar-refractivity contribution is 7.66. The topological polar surface area (TPSA) is 248 Å². The molecule has 2 heterocycles. The number of ether oxygens (including phenoxy) is 1. The third kappa shape index (κ3) is 7.87. The van der Waals surface area contributed by atoms with Crippen LogP contribution in [0.15, 0.2) is 24.2 Å². The van der Waals surface area contributed by atoms with Crippen LogP contribution in [0.2, 0.25) is 0 Å². The zero-order valence-electron chi connectivity index (χ0n) is 16.0. The Balaban J connectivity index is 2.03. The number of hydrogen-bond acceptors (Lipinski definition) is 11.